The largest absolute Gasteiger partial charge is 0.459 e. The van der Waals surface area contributed by atoms with E-state index in [4.69, 9.17) is 19.7 Å². The summed E-state index contributed by atoms with van der Waals surface area (Å²) < 4.78 is 19.1. The quantitative estimate of drug-likeness (QED) is 0.293. The van der Waals surface area contributed by atoms with Gasteiger partial charge in [-0.3, -0.25) is 0 Å². The van der Waals surface area contributed by atoms with Crippen LogP contribution < -0.4 is 0 Å². The molecule has 0 saturated carbocycles. The number of hydrogen-bond acceptors (Lipinski definition) is 8. The molecule has 0 aliphatic rings. The van der Waals surface area contributed by atoms with Crippen molar-refractivity contribution in [2.75, 3.05) is 52.9 Å². The Morgan fingerprint density at radius 1 is 0.708 bits per heavy atom. The van der Waals surface area contributed by atoms with E-state index in [1.165, 1.54) is 0 Å². The molecule has 2 N–H and O–H groups in total. The Morgan fingerprint density at radius 2 is 1.04 bits per heavy atom. The molecule has 0 bridgehead atoms. The summed E-state index contributed by atoms with van der Waals surface area (Å²) in [5.74, 6) is -0.979. The summed E-state index contributed by atoms with van der Waals surface area (Å²) in [6, 6.07) is 0. The molecule has 0 aromatic heterocycles. The maximum atomic E-state index is 10.8. The van der Waals surface area contributed by atoms with Gasteiger partial charge in [-0.25, -0.2) is 9.59 Å². The zero-order valence-electron chi connectivity index (χ0n) is 14.4. The highest BCUT2D eigenvalue weighted by Gasteiger charge is 2.05. The van der Waals surface area contributed by atoms with Crippen LogP contribution in [0.5, 0.6) is 0 Å². The van der Waals surface area contributed by atoms with Crippen LogP contribution in [0.1, 0.15) is 13.8 Å². The van der Waals surface area contributed by atoms with Crippen molar-refractivity contribution >= 4 is 11.9 Å². The Morgan fingerprint density at radius 3 is 1.29 bits per heavy atom. The van der Waals surface area contributed by atoms with E-state index in [9.17, 15) is 9.59 Å². The zero-order valence-corrected chi connectivity index (χ0v) is 14.4. The topological polar surface area (TPSA) is 112 Å². The molecule has 0 radical (unpaired) electrons. The highest BCUT2D eigenvalue weighted by atomic mass is 16.6. The predicted molar refractivity (Wildman–Crippen MR) is 87.4 cm³/mol. The highest BCUT2D eigenvalue weighted by Crippen LogP contribution is 1.94. The summed E-state index contributed by atoms with van der Waals surface area (Å²) in [5, 5.41) is 16.5. The van der Waals surface area contributed by atoms with Crippen molar-refractivity contribution in [3.8, 4) is 0 Å². The number of carbonyl (C=O) groups is 2. The maximum absolute atomic E-state index is 10.8. The van der Waals surface area contributed by atoms with Crippen molar-refractivity contribution in [3.63, 3.8) is 0 Å². The van der Waals surface area contributed by atoms with Crippen molar-refractivity contribution < 1.29 is 38.7 Å². The lowest BCUT2D eigenvalue weighted by Crippen LogP contribution is -2.14. The SMILES string of the molecule is C=C(C)C(=O)OCCOC(=O)C(=C)C.OCCOCCOCCO. The number of aliphatic hydroxyl groups excluding tert-OH is 2. The molecule has 0 amide bonds. The second kappa shape index (κ2) is 17.6. The molecule has 0 rings (SSSR count). The number of ether oxygens (including phenoxy) is 4. The first-order valence-corrected chi connectivity index (χ1v) is 7.39. The van der Waals surface area contributed by atoms with Gasteiger partial charge in [-0.2, -0.15) is 0 Å². The summed E-state index contributed by atoms with van der Waals surface area (Å²) in [4.78, 5) is 21.7. The summed E-state index contributed by atoms with van der Waals surface area (Å²) in [6.07, 6.45) is 0. The van der Waals surface area contributed by atoms with Gasteiger partial charge in [0.15, 0.2) is 0 Å². The van der Waals surface area contributed by atoms with E-state index in [-0.39, 0.29) is 26.4 Å². The highest BCUT2D eigenvalue weighted by molar-refractivity contribution is 5.87. The van der Waals surface area contributed by atoms with Crippen LogP contribution in [0, 0.1) is 0 Å². The summed E-state index contributed by atoms with van der Waals surface area (Å²) in [7, 11) is 0. The second-order valence-corrected chi connectivity index (χ2v) is 4.50. The van der Waals surface area contributed by atoms with Crippen molar-refractivity contribution in [3.05, 3.63) is 24.3 Å². The molecule has 0 spiro atoms. The van der Waals surface area contributed by atoms with Crippen molar-refractivity contribution in [2.24, 2.45) is 0 Å². The van der Waals surface area contributed by atoms with Crippen LogP contribution in [0.15, 0.2) is 24.3 Å². The van der Waals surface area contributed by atoms with Crippen LogP contribution in [0.2, 0.25) is 0 Å². The van der Waals surface area contributed by atoms with E-state index < -0.39 is 11.9 Å². The first-order valence-electron chi connectivity index (χ1n) is 7.39. The third-order valence-electron chi connectivity index (χ3n) is 2.09. The van der Waals surface area contributed by atoms with Crippen LogP contribution in [-0.2, 0) is 28.5 Å². The first-order chi connectivity index (χ1) is 11.4. The molecule has 0 atom stereocenters. The van der Waals surface area contributed by atoms with Gasteiger partial charge in [-0.05, 0) is 13.8 Å². The predicted octanol–water partition coefficient (Wildman–Crippen LogP) is 0.229. The third kappa shape index (κ3) is 18.3. The maximum Gasteiger partial charge on any atom is 0.333 e. The molecule has 8 nitrogen and oxygen atoms in total. The van der Waals surface area contributed by atoms with Crippen LogP contribution in [0.3, 0.4) is 0 Å². The van der Waals surface area contributed by atoms with Gasteiger partial charge in [0.05, 0.1) is 39.6 Å². The fourth-order valence-corrected chi connectivity index (χ4v) is 0.966. The van der Waals surface area contributed by atoms with Crippen molar-refractivity contribution in [1.82, 2.24) is 0 Å². The Balaban J connectivity index is 0. The Bertz CT molecular complexity index is 342. The number of rotatable bonds is 12. The van der Waals surface area contributed by atoms with Crippen LogP contribution in [0.25, 0.3) is 0 Å². The fraction of sp³-hybridized carbons (Fsp3) is 0.625. The van der Waals surface area contributed by atoms with E-state index in [0.29, 0.717) is 37.6 Å². The molecule has 0 heterocycles. The molecule has 0 fully saturated rings. The van der Waals surface area contributed by atoms with Gasteiger partial charge in [-0.1, -0.05) is 13.2 Å². The van der Waals surface area contributed by atoms with E-state index in [0.717, 1.165) is 0 Å². The van der Waals surface area contributed by atoms with Gasteiger partial charge in [0, 0.05) is 11.1 Å². The van der Waals surface area contributed by atoms with E-state index in [2.05, 4.69) is 22.6 Å². The lowest BCUT2D eigenvalue weighted by atomic mass is 10.4. The fourth-order valence-electron chi connectivity index (χ4n) is 0.966. The van der Waals surface area contributed by atoms with Gasteiger partial charge in [-0.15, -0.1) is 0 Å². The molecule has 0 saturated heterocycles. The number of aliphatic hydroxyl groups is 2. The van der Waals surface area contributed by atoms with E-state index in [1.807, 2.05) is 0 Å². The Labute approximate surface area is 142 Å². The zero-order chi connectivity index (χ0) is 18.8. The third-order valence-corrected chi connectivity index (χ3v) is 2.09. The average molecular weight is 348 g/mol. The molecule has 0 unspecified atom stereocenters. The summed E-state index contributed by atoms with van der Waals surface area (Å²) in [6.45, 7) is 11.7. The minimum atomic E-state index is -0.489. The number of esters is 2. The Hall–Kier alpha value is -1.74. The molecule has 0 aliphatic carbocycles. The van der Waals surface area contributed by atoms with E-state index >= 15 is 0 Å². The van der Waals surface area contributed by atoms with Gasteiger partial charge in [0.2, 0.25) is 0 Å². The molecular weight excluding hydrogens is 320 g/mol. The van der Waals surface area contributed by atoms with Gasteiger partial charge < -0.3 is 29.2 Å². The standard InChI is InChI=1S/C10H14O4.C6H14O4/c1-7(2)9(11)13-5-6-14-10(12)8(3)4;7-1-3-9-5-6-10-4-2-8/h1,3,5-6H2,2,4H3;7-8H,1-6H2. The van der Waals surface area contributed by atoms with Gasteiger partial charge in [0.25, 0.3) is 0 Å². The first kappa shape index (κ1) is 24.5. The minimum Gasteiger partial charge on any atom is -0.459 e. The van der Waals surface area contributed by atoms with Crippen LogP contribution in [-0.4, -0.2) is 75.0 Å². The molecule has 0 aliphatic heterocycles. The molecule has 8 heteroatoms. The molecule has 24 heavy (non-hydrogen) atoms. The smallest absolute Gasteiger partial charge is 0.333 e. The average Bonchev–Trinajstić information content (AvgIpc) is 2.54. The van der Waals surface area contributed by atoms with Crippen LogP contribution >= 0.6 is 0 Å². The van der Waals surface area contributed by atoms with Crippen molar-refractivity contribution in [2.45, 2.75) is 13.8 Å². The number of carbonyl (C=O) groups excluding carboxylic acids is 2. The number of hydrogen-bond donors (Lipinski definition) is 2. The summed E-state index contributed by atoms with van der Waals surface area (Å²) >= 11 is 0. The van der Waals surface area contributed by atoms with Gasteiger partial charge >= 0.3 is 11.9 Å². The lowest BCUT2D eigenvalue weighted by molar-refractivity contribution is -0.147. The normalized spacial score (nSPS) is 9.50. The molecule has 0 aromatic carbocycles. The van der Waals surface area contributed by atoms with Crippen LogP contribution in [0.4, 0.5) is 0 Å². The summed E-state index contributed by atoms with van der Waals surface area (Å²) in [5.41, 5.74) is 0.632. The minimum absolute atomic E-state index is 0.0325. The van der Waals surface area contributed by atoms with Crippen molar-refractivity contribution in [1.29, 1.82) is 0 Å². The van der Waals surface area contributed by atoms with Gasteiger partial charge in [0.1, 0.15) is 13.2 Å². The molecule has 140 valence electrons. The lowest BCUT2D eigenvalue weighted by Gasteiger charge is -2.05. The Kier molecular flexibility index (Phi) is 18.0. The molecule has 0 aromatic rings. The van der Waals surface area contributed by atoms with E-state index in [1.54, 1.807) is 13.8 Å². The molecular formula is C16H28O8. The second-order valence-electron chi connectivity index (χ2n) is 4.50. The monoisotopic (exact) mass is 348 g/mol.